The van der Waals surface area contributed by atoms with Crippen molar-refractivity contribution in [1.82, 2.24) is 14.8 Å². The first-order valence-electron chi connectivity index (χ1n) is 4.01. The van der Waals surface area contributed by atoms with Crippen LogP contribution < -0.4 is 5.73 Å². The van der Waals surface area contributed by atoms with Crippen molar-refractivity contribution >= 4 is 5.97 Å². The highest BCUT2D eigenvalue weighted by molar-refractivity contribution is 5.72. The van der Waals surface area contributed by atoms with Crippen LogP contribution in [0, 0.1) is 0 Å². The van der Waals surface area contributed by atoms with Gasteiger partial charge in [0.05, 0.1) is 0 Å². The molecule has 0 aliphatic carbocycles. The maximum absolute atomic E-state index is 10.3. The predicted molar refractivity (Wildman–Crippen MR) is 44.9 cm³/mol. The molecule has 3 N–H and O–H groups in total. The van der Waals surface area contributed by atoms with Gasteiger partial charge in [0.25, 0.3) is 0 Å². The number of nitrogens with zero attached hydrogens (tertiary/aromatic N) is 3. The Kier molecular flexibility index (Phi) is 3.39. The molecule has 1 rings (SSSR count). The molecule has 0 saturated heterocycles. The molecule has 13 heavy (non-hydrogen) atoms. The molecule has 6 nitrogen and oxygen atoms in total. The summed E-state index contributed by atoms with van der Waals surface area (Å²) in [6.07, 6.45) is 4.18. The topological polar surface area (TPSA) is 94.0 Å². The third-order valence-electron chi connectivity index (χ3n) is 1.69. The van der Waals surface area contributed by atoms with Gasteiger partial charge in [0, 0.05) is 6.54 Å². The molecule has 1 atom stereocenters. The van der Waals surface area contributed by atoms with Crippen LogP contribution in [0.4, 0.5) is 0 Å². The molecule has 0 aliphatic heterocycles. The van der Waals surface area contributed by atoms with Crippen LogP contribution in [-0.4, -0.2) is 31.9 Å². The minimum Gasteiger partial charge on any atom is -0.480 e. The minimum absolute atomic E-state index is 0.454. The number of aryl methyl sites for hydroxylation is 1. The predicted octanol–water partition coefficient (Wildman–Crippen LogP) is -0.530. The fraction of sp³-hybridized carbons (Fsp3) is 0.571. The van der Waals surface area contributed by atoms with Gasteiger partial charge < -0.3 is 10.8 Å². The first kappa shape index (κ1) is 9.66. The van der Waals surface area contributed by atoms with Crippen LogP contribution in [0.25, 0.3) is 0 Å². The molecule has 0 aromatic carbocycles. The maximum Gasteiger partial charge on any atom is 0.320 e. The Morgan fingerprint density at radius 3 is 3.00 bits per heavy atom. The van der Waals surface area contributed by atoms with Crippen molar-refractivity contribution in [2.24, 2.45) is 5.73 Å². The molecule has 6 heteroatoms. The van der Waals surface area contributed by atoms with Crippen molar-refractivity contribution in [3.8, 4) is 0 Å². The lowest BCUT2D eigenvalue weighted by atomic mass is 10.2. The van der Waals surface area contributed by atoms with Gasteiger partial charge in [-0.15, -0.1) is 0 Å². The fourth-order valence-electron chi connectivity index (χ4n) is 0.945. The Morgan fingerprint density at radius 1 is 1.69 bits per heavy atom. The van der Waals surface area contributed by atoms with Gasteiger partial charge in [0.15, 0.2) is 0 Å². The van der Waals surface area contributed by atoms with Crippen molar-refractivity contribution in [2.45, 2.75) is 25.4 Å². The smallest absolute Gasteiger partial charge is 0.320 e. The average Bonchev–Trinajstić information content (AvgIpc) is 2.56. The molecule has 72 valence electrons. The lowest BCUT2D eigenvalue weighted by Crippen LogP contribution is -2.30. The van der Waals surface area contributed by atoms with Crippen molar-refractivity contribution in [3.63, 3.8) is 0 Å². The maximum atomic E-state index is 10.3. The standard InChI is InChI=1S/C7H12N4O2/c8-6(7(12)13)2-1-3-11-5-9-4-10-11/h4-6H,1-3,8H2,(H,12,13)/t6-/m1/s1. The van der Waals surface area contributed by atoms with Crippen LogP contribution >= 0.6 is 0 Å². The number of carboxylic acids is 1. The SMILES string of the molecule is N[C@H](CCCn1cncn1)C(=O)O. The van der Waals surface area contributed by atoms with Crippen molar-refractivity contribution < 1.29 is 9.90 Å². The van der Waals surface area contributed by atoms with E-state index in [4.69, 9.17) is 10.8 Å². The van der Waals surface area contributed by atoms with E-state index < -0.39 is 12.0 Å². The molecule has 0 aliphatic rings. The average molecular weight is 184 g/mol. The number of hydrogen-bond donors (Lipinski definition) is 2. The molecule has 0 spiro atoms. The van der Waals surface area contributed by atoms with Crippen molar-refractivity contribution in [1.29, 1.82) is 0 Å². The molecule has 1 aromatic rings. The van der Waals surface area contributed by atoms with Crippen LogP contribution in [0.15, 0.2) is 12.7 Å². The zero-order chi connectivity index (χ0) is 9.68. The summed E-state index contributed by atoms with van der Waals surface area (Å²) in [4.78, 5) is 14.1. The van der Waals surface area contributed by atoms with Gasteiger partial charge in [-0.25, -0.2) is 4.98 Å². The number of aromatic nitrogens is 3. The van der Waals surface area contributed by atoms with Crippen molar-refractivity contribution in [3.05, 3.63) is 12.7 Å². The normalized spacial score (nSPS) is 12.7. The van der Waals surface area contributed by atoms with E-state index in [1.54, 1.807) is 11.0 Å². The third kappa shape index (κ3) is 3.20. The Labute approximate surface area is 75.4 Å². The van der Waals surface area contributed by atoms with E-state index in [1.165, 1.54) is 6.33 Å². The summed E-state index contributed by atoms with van der Waals surface area (Å²) in [5.74, 6) is -0.960. The van der Waals surface area contributed by atoms with Gasteiger partial charge in [-0.2, -0.15) is 5.10 Å². The van der Waals surface area contributed by atoms with Gasteiger partial charge in [-0.3, -0.25) is 9.48 Å². The lowest BCUT2D eigenvalue weighted by Gasteiger charge is -2.05. The molecule has 0 fully saturated rings. The van der Waals surface area contributed by atoms with E-state index in [0.717, 1.165) is 0 Å². The molecule has 1 heterocycles. The molecule has 0 bridgehead atoms. The van der Waals surface area contributed by atoms with Crippen molar-refractivity contribution in [2.75, 3.05) is 0 Å². The van der Waals surface area contributed by atoms with Crippen LogP contribution in [0.3, 0.4) is 0 Å². The Bertz CT molecular complexity index is 259. The van der Waals surface area contributed by atoms with E-state index in [0.29, 0.717) is 19.4 Å². The van der Waals surface area contributed by atoms with Gasteiger partial charge in [-0.05, 0) is 12.8 Å². The highest BCUT2D eigenvalue weighted by Crippen LogP contribution is 1.96. The Hall–Kier alpha value is -1.43. The van der Waals surface area contributed by atoms with Gasteiger partial charge in [0.1, 0.15) is 18.7 Å². The molecule has 0 saturated carbocycles. The Morgan fingerprint density at radius 2 is 2.46 bits per heavy atom. The van der Waals surface area contributed by atoms with Gasteiger partial charge in [0.2, 0.25) is 0 Å². The number of rotatable bonds is 5. The van der Waals surface area contributed by atoms with E-state index in [-0.39, 0.29) is 0 Å². The second-order valence-corrected chi connectivity index (χ2v) is 2.75. The summed E-state index contributed by atoms with van der Waals surface area (Å²) in [7, 11) is 0. The highest BCUT2D eigenvalue weighted by atomic mass is 16.4. The summed E-state index contributed by atoms with van der Waals surface area (Å²) in [6.45, 7) is 0.654. The van der Waals surface area contributed by atoms with E-state index in [9.17, 15) is 4.79 Å². The molecule has 0 radical (unpaired) electrons. The largest absolute Gasteiger partial charge is 0.480 e. The molecular formula is C7H12N4O2. The number of carboxylic acid groups (broad SMARTS) is 1. The first-order chi connectivity index (χ1) is 6.20. The summed E-state index contributed by atoms with van der Waals surface area (Å²) in [5.41, 5.74) is 5.31. The van der Waals surface area contributed by atoms with Gasteiger partial charge in [-0.1, -0.05) is 0 Å². The number of aliphatic carboxylic acids is 1. The second-order valence-electron chi connectivity index (χ2n) is 2.75. The molecular weight excluding hydrogens is 172 g/mol. The quantitative estimate of drug-likeness (QED) is 0.641. The van der Waals surface area contributed by atoms with Gasteiger partial charge >= 0.3 is 5.97 Å². The van der Waals surface area contributed by atoms with Crippen LogP contribution in [0.5, 0.6) is 0 Å². The van der Waals surface area contributed by atoms with E-state index in [1.807, 2.05) is 0 Å². The molecule has 1 aromatic heterocycles. The summed E-state index contributed by atoms with van der Waals surface area (Å²) in [5, 5.41) is 12.4. The van der Waals surface area contributed by atoms with Crippen LogP contribution in [0.2, 0.25) is 0 Å². The third-order valence-corrected chi connectivity index (χ3v) is 1.69. The number of hydrogen-bond acceptors (Lipinski definition) is 4. The highest BCUT2D eigenvalue weighted by Gasteiger charge is 2.10. The monoisotopic (exact) mass is 184 g/mol. The summed E-state index contributed by atoms with van der Waals surface area (Å²) < 4.78 is 1.65. The lowest BCUT2D eigenvalue weighted by molar-refractivity contribution is -0.138. The van der Waals surface area contributed by atoms with Crippen LogP contribution in [0.1, 0.15) is 12.8 Å². The molecule has 0 unspecified atom stereocenters. The molecule has 0 amide bonds. The Balaban J connectivity index is 2.18. The van der Waals surface area contributed by atoms with E-state index >= 15 is 0 Å². The van der Waals surface area contributed by atoms with E-state index in [2.05, 4.69) is 10.1 Å². The first-order valence-corrected chi connectivity index (χ1v) is 4.01. The summed E-state index contributed by atoms with van der Waals surface area (Å²) in [6, 6.07) is -0.775. The fourth-order valence-corrected chi connectivity index (χ4v) is 0.945. The zero-order valence-electron chi connectivity index (χ0n) is 7.13. The second kappa shape index (κ2) is 4.56. The van der Waals surface area contributed by atoms with Crippen LogP contribution in [-0.2, 0) is 11.3 Å². The number of carbonyl (C=O) groups is 1. The number of nitrogens with two attached hydrogens (primary N) is 1. The minimum atomic E-state index is -0.960. The zero-order valence-corrected chi connectivity index (χ0v) is 7.13. The summed E-state index contributed by atoms with van der Waals surface area (Å²) >= 11 is 0.